The maximum absolute atomic E-state index is 13.7. The summed E-state index contributed by atoms with van der Waals surface area (Å²) in [6.45, 7) is 7.31. The smallest absolute Gasteiger partial charge is 0.328 e. The summed E-state index contributed by atoms with van der Waals surface area (Å²) < 4.78 is 26.7. The molecule has 2 bridgehead atoms. The number of benzene rings is 1. The van der Waals surface area contributed by atoms with E-state index in [-0.39, 0.29) is 35.4 Å². The molecule has 9 heteroatoms. The molecule has 7 nitrogen and oxygen atoms in total. The third kappa shape index (κ3) is 4.76. The second-order valence-electron chi connectivity index (χ2n) is 13.8. The molecule has 5 fully saturated rings. The van der Waals surface area contributed by atoms with E-state index in [9.17, 15) is 23.2 Å². The largest absolute Gasteiger partial charge is 0.341 e. The van der Waals surface area contributed by atoms with E-state index in [1.807, 2.05) is 19.9 Å². The molecule has 6 rings (SSSR count). The minimum atomic E-state index is -2.75. The topological polar surface area (TPSA) is 64.2 Å². The van der Waals surface area contributed by atoms with Gasteiger partial charge in [0.05, 0.1) is 6.54 Å². The molecule has 4 atom stereocenters. The second-order valence-corrected chi connectivity index (χ2v) is 13.8. The van der Waals surface area contributed by atoms with Crippen LogP contribution in [0.15, 0.2) is 30.3 Å². The van der Waals surface area contributed by atoms with Gasteiger partial charge in [-0.05, 0) is 63.9 Å². The van der Waals surface area contributed by atoms with Gasteiger partial charge in [0.25, 0.3) is 12.3 Å². The first-order chi connectivity index (χ1) is 19.5. The Kier molecular flexibility index (Phi) is 7.40. The van der Waals surface area contributed by atoms with Crippen LogP contribution in [-0.4, -0.2) is 93.7 Å². The molecule has 4 saturated heterocycles. The van der Waals surface area contributed by atoms with Crippen molar-refractivity contribution < 1.29 is 23.2 Å². The van der Waals surface area contributed by atoms with Gasteiger partial charge in [-0.3, -0.25) is 19.4 Å². The van der Waals surface area contributed by atoms with Gasteiger partial charge in [0.1, 0.15) is 5.54 Å². The summed E-state index contributed by atoms with van der Waals surface area (Å²) in [7, 11) is 0. The minimum Gasteiger partial charge on any atom is -0.341 e. The second kappa shape index (κ2) is 10.6. The number of amides is 4. The number of carbonyl (C=O) groups excluding carboxylic acids is 3. The predicted octanol–water partition coefficient (Wildman–Crippen LogP) is 5.11. The summed E-state index contributed by atoms with van der Waals surface area (Å²) in [5, 5.41) is 0. The zero-order valence-electron chi connectivity index (χ0n) is 24.6. The molecule has 1 aromatic rings. The summed E-state index contributed by atoms with van der Waals surface area (Å²) in [6.07, 6.45) is 4.22. The molecule has 224 valence electrons. The monoisotopic (exact) mass is 570 g/mol. The zero-order valence-corrected chi connectivity index (χ0v) is 24.6. The first kappa shape index (κ1) is 28.6. The third-order valence-corrected chi connectivity index (χ3v) is 10.9. The number of nitrogens with zero attached hydrogens (tertiary/aromatic N) is 4. The van der Waals surface area contributed by atoms with Crippen molar-refractivity contribution in [1.82, 2.24) is 19.6 Å². The summed E-state index contributed by atoms with van der Waals surface area (Å²) in [4.78, 5) is 47.7. The van der Waals surface area contributed by atoms with E-state index in [4.69, 9.17) is 0 Å². The molecule has 0 aromatic heterocycles. The first-order valence-corrected chi connectivity index (χ1v) is 15.6. The Balaban J connectivity index is 1.24. The number of halogens is 2. The average molecular weight is 571 g/mol. The van der Waals surface area contributed by atoms with Crippen molar-refractivity contribution in [3.8, 4) is 0 Å². The Morgan fingerprint density at radius 1 is 1.00 bits per heavy atom. The maximum atomic E-state index is 13.7. The highest BCUT2D eigenvalue weighted by Crippen LogP contribution is 2.50. The third-order valence-electron chi connectivity index (χ3n) is 10.9. The number of rotatable bonds is 7. The number of alkyl halides is 2. The van der Waals surface area contributed by atoms with Crippen LogP contribution in [0, 0.1) is 11.3 Å². The molecule has 2 unspecified atom stereocenters. The number of piperidine rings is 1. The van der Waals surface area contributed by atoms with Crippen LogP contribution in [-0.2, 0) is 9.59 Å². The summed E-state index contributed by atoms with van der Waals surface area (Å²) in [5.74, 6) is 0.350. The SMILES string of the molecule is CC(C)N1C(=O)N(CC(F)F)C(=O)C12CC1CCC(C2)N1C[C@H]1CN(C(=O)C2(C)CCCC2)C[C@@H]1c1ccccc1. The van der Waals surface area contributed by atoms with Gasteiger partial charge >= 0.3 is 6.03 Å². The fourth-order valence-corrected chi connectivity index (χ4v) is 9.08. The van der Waals surface area contributed by atoms with Crippen LogP contribution >= 0.6 is 0 Å². The number of carbonyl (C=O) groups is 3. The predicted molar refractivity (Wildman–Crippen MR) is 151 cm³/mol. The van der Waals surface area contributed by atoms with Crippen molar-refractivity contribution in [3.63, 3.8) is 0 Å². The molecule has 0 radical (unpaired) electrons. The van der Waals surface area contributed by atoms with Gasteiger partial charge in [0.2, 0.25) is 5.91 Å². The van der Waals surface area contributed by atoms with Crippen molar-refractivity contribution in [3.05, 3.63) is 35.9 Å². The summed E-state index contributed by atoms with van der Waals surface area (Å²) >= 11 is 0. The number of likely N-dealkylation sites (tertiary alicyclic amines) is 1. The lowest BCUT2D eigenvalue weighted by molar-refractivity contribution is -0.140. The number of hydrogen-bond donors (Lipinski definition) is 0. The van der Waals surface area contributed by atoms with Crippen molar-refractivity contribution in [2.24, 2.45) is 11.3 Å². The van der Waals surface area contributed by atoms with E-state index in [0.29, 0.717) is 18.7 Å². The number of imide groups is 1. The zero-order chi connectivity index (χ0) is 29.1. The number of urea groups is 1. The molecular formula is C32H44F2N4O3. The minimum absolute atomic E-state index is 0.103. The lowest BCUT2D eigenvalue weighted by Gasteiger charge is -2.48. The van der Waals surface area contributed by atoms with Crippen molar-refractivity contribution in [2.75, 3.05) is 26.2 Å². The molecule has 1 spiro atoms. The quantitative estimate of drug-likeness (QED) is 0.428. The molecule has 41 heavy (non-hydrogen) atoms. The van der Waals surface area contributed by atoms with E-state index in [0.717, 1.165) is 63.1 Å². The highest BCUT2D eigenvalue weighted by atomic mass is 19.3. The van der Waals surface area contributed by atoms with Crippen LogP contribution in [0.25, 0.3) is 0 Å². The van der Waals surface area contributed by atoms with E-state index >= 15 is 0 Å². The summed E-state index contributed by atoms with van der Waals surface area (Å²) in [6, 6.07) is 9.88. The van der Waals surface area contributed by atoms with Crippen LogP contribution in [0.4, 0.5) is 13.6 Å². The van der Waals surface area contributed by atoms with Crippen LogP contribution in [0.1, 0.15) is 83.6 Å². The van der Waals surface area contributed by atoms with Crippen LogP contribution < -0.4 is 0 Å². The van der Waals surface area contributed by atoms with Gasteiger partial charge in [-0.2, -0.15) is 0 Å². The lowest BCUT2D eigenvalue weighted by atomic mass is 9.79. The fourth-order valence-electron chi connectivity index (χ4n) is 9.08. The van der Waals surface area contributed by atoms with Crippen LogP contribution in [0.5, 0.6) is 0 Å². The number of hydrogen-bond acceptors (Lipinski definition) is 4. The molecule has 1 aromatic carbocycles. The highest BCUT2D eigenvalue weighted by Gasteiger charge is 2.63. The molecule has 5 aliphatic rings. The van der Waals surface area contributed by atoms with Gasteiger partial charge in [0.15, 0.2) is 0 Å². The molecule has 4 heterocycles. The Morgan fingerprint density at radius 3 is 2.22 bits per heavy atom. The molecule has 1 aliphatic carbocycles. The standard InChI is InChI=1S/C32H44F2N4O3/c1-21(2)38-30(41)37(20-27(33)34)29(40)32(38)15-24-11-12-25(16-32)36(24)18-23-17-35(28(39)31(3)13-7-8-14-31)19-26(23)22-9-5-4-6-10-22/h4-6,9-10,21,23-27H,7-8,11-20H2,1-3H3/t23-,24?,25?,26-,32?/m1/s1. The Hall–Kier alpha value is -2.55. The number of fused-ring (bicyclic) bond motifs is 2. The Labute approximate surface area is 242 Å². The van der Waals surface area contributed by atoms with E-state index in [2.05, 4.69) is 41.0 Å². The lowest BCUT2D eigenvalue weighted by Crippen LogP contribution is -2.62. The maximum Gasteiger partial charge on any atom is 0.328 e. The Bertz CT molecular complexity index is 1160. The molecule has 0 N–H and O–H groups in total. The van der Waals surface area contributed by atoms with Gasteiger partial charge in [-0.1, -0.05) is 50.1 Å². The van der Waals surface area contributed by atoms with Crippen molar-refractivity contribution in [1.29, 1.82) is 0 Å². The van der Waals surface area contributed by atoms with Crippen molar-refractivity contribution >= 4 is 17.8 Å². The van der Waals surface area contributed by atoms with Crippen molar-refractivity contribution in [2.45, 2.75) is 108 Å². The van der Waals surface area contributed by atoms with Gasteiger partial charge < -0.3 is 9.80 Å². The molecule has 4 amide bonds. The van der Waals surface area contributed by atoms with E-state index < -0.39 is 30.4 Å². The van der Waals surface area contributed by atoms with Crippen LogP contribution in [0.2, 0.25) is 0 Å². The van der Waals surface area contributed by atoms with Gasteiger partial charge in [0, 0.05) is 49.1 Å². The molecule has 1 saturated carbocycles. The van der Waals surface area contributed by atoms with Gasteiger partial charge in [-0.25, -0.2) is 13.6 Å². The molecule has 4 aliphatic heterocycles. The Morgan fingerprint density at radius 2 is 1.63 bits per heavy atom. The summed E-state index contributed by atoms with van der Waals surface area (Å²) in [5.41, 5.74) is -0.0435. The van der Waals surface area contributed by atoms with E-state index in [1.165, 1.54) is 5.56 Å². The highest BCUT2D eigenvalue weighted by molar-refractivity contribution is 6.07. The molecular weight excluding hydrogens is 526 g/mol. The van der Waals surface area contributed by atoms with E-state index in [1.54, 1.807) is 4.90 Å². The first-order valence-electron chi connectivity index (χ1n) is 15.6. The normalized spacial score (nSPS) is 33.4. The van der Waals surface area contributed by atoms with Gasteiger partial charge in [-0.15, -0.1) is 0 Å². The average Bonchev–Trinajstić information content (AvgIpc) is 3.67. The van der Waals surface area contributed by atoms with Crippen LogP contribution in [0.3, 0.4) is 0 Å². The fraction of sp³-hybridized carbons (Fsp3) is 0.719.